The molecule has 0 atom stereocenters. The van der Waals surface area contributed by atoms with Crippen molar-refractivity contribution in [3.8, 4) is 11.3 Å². The Balaban J connectivity index is 1.70. The molecule has 112 valence electrons. The molecule has 0 fully saturated rings. The summed E-state index contributed by atoms with van der Waals surface area (Å²) in [5.74, 6) is 1.82. The Morgan fingerprint density at radius 2 is 1.59 bits per heavy atom. The van der Waals surface area contributed by atoms with Gasteiger partial charge in [0.25, 0.3) is 0 Å². The summed E-state index contributed by atoms with van der Waals surface area (Å²) in [5.41, 5.74) is 4.73. The summed E-state index contributed by atoms with van der Waals surface area (Å²) in [4.78, 5) is 0. The highest BCUT2D eigenvalue weighted by Crippen LogP contribution is 2.24. The molecular weight excluding hydrogens is 338 g/mol. The largest absolute Gasteiger partial charge is 0.459 e. The molecule has 3 heteroatoms. The number of nitrogens with one attached hydrogen (secondary N) is 1. The lowest BCUT2D eigenvalue weighted by Crippen LogP contribution is -1.98. The van der Waals surface area contributed by atoms with E-state index >= 15 is 0 Å². The lowest BCUT2D eigenvalue weighted by atomic mass is 10.1. The fourth-order valence-corrected chi connectivity index (χ4v) is 2.77. The van der Waals surface area contributed by atoms with E-state index in [-0.39, 0.29) is 0 Å². The molecule has 0 amide bonds. The van der Waals surface area contributed by atoms with Crippen LogP contribution in [0.4, 0.5) is 5.69 Å². The van der Waals surface area contributed by atoms with Crippen LogP contribution in [0, 0.1) is 13.8 Å². The molecule has 0 unspecified atom stereocenters. The first kappa shape index (κ1) is 14.9. The Morgan fingerprint density at radius 3 is 2.27 bits per heavy atom. The van der Waals surface area contributed by atoms with Crippen LogP contribution in [0.3, 0.4) is 0 Å². The Labute approximate surface area is 139 Å². The molecule has 2 nitrogen and oxygen atoms in total. The molecule has 0 aliphatic carbocycles. The van der Waals surface area contributed by atoms with Gasteiger partial charge in [-0.25, -0.2) is 0 Å². The predicted octanol–water partition coefficient (Wildman–Crippen LogP) is 5.94. The van der Waals surface area contributed by atoms with E-state index in [0.717, 1.165) is 27.2 Å². The van der Waals surface area contributed by atoms with Crippen LogP contribution in [0.2, 0.25) is 0 Å². The van der Waals surface area contributed by atoms with Crippen molar-refractivity contribution in [2.24, 2.45) is 0 Å². The third kappa shape index (κ3) is 3.60. The second kappa shape index (κ2) is 6.41. The number of hydrogen-bond donors (Lipinski definition) is 1. The summed E-state index contributed by atoms with van der Waals surface area (Å²) in [5, 5.41) is 3.42. The number of halogens is 1. The highest BCUT2D eigenvalue weighted by molar-refractivity contribution is 9.10. The minimum absolute atomic E-state index is 0.680. The van der Waals surface area contributed by atoms with E-state index < -0.39 is 0 Å². The van der Waals surface area contributed by atoms with Crippen molar-refractivity contribution in [3.63, 3.8) is 0 Å². The Kier molecular flexibility index (Phi) is 4.34. The number of aryl methyl sites for hydroxylation is 2. The first-order valence-electron chi connectivity index (χ1n) is 7.27. The molecule has 0 aliphatic heterocycles. The molecule has 2 aromatic carbocycles. The minimum atomic E-state index is 0.680. The molecule has 0 radical (unpaired) electrons. The first-order valence-corrected chi connectivity index (χ1v) is 8.06. The van der Waals surface area contributed by atoms with Crippen LogP contribution in [-0.2, 0) is 6.54 Å². The standard InChI is InChI=1S/C19H18BrNO/c1-13-9-14(2)11-17(10-13)21-12-18-7-8-19(22-18)15-3-5-16(20)6-4-15/h3-11,21H,12H2,1-2H3. The average molecular weight is 356 g/mol. The van der Waals surface area contributed by atoms with Gasteiger partial charge in [-0.05, 0) is 61.4 Å². The molecule has 3 aromatic rings. The zero-order valence-corrected chi connectivity index (χ0v) is 14.3. The van der Waals surface area contributed by atoms with Crippen molar-refractivity contribution in [2.45, 2.75) is 20.4 Å². The van der Waals surface area contributed by atoms with Gasteiger partial charge < -0.3 is 9.73 Å². The molecule has 1 N–H and O–H groups in total. The van der Waals surface area contributed by atoms with E-state index in [9.17, 15) is 0 Å². The zero-order valence-electron chi connectivity index (χ0n) is 12.7. The molecule has 0 bridgehead atoms. The lowest BCUT2D eigenvalue weighted by molar-refractivity contribution is 0.531. The van der Waals surface area contributed by atoms with Gasteiger partial charge in [-0.1, -0.05) is 34.1 Å². The summed E-state index contributed by atoms with van der Waals surface area (Å²) in [6.07, 6.45) is 0. The third-order valence-electron chi connectivity index (χ3n) is 3.48. The fourth-order valence-electron chi connectivity index (χ4n) is 2.51. The topological polar surface area (TPSA) is 25.2 Å². The van der Waals surface area contributed by atoms with Gasteiger partial charge in [0.1, 0.15) is 11.5 Å². The Bertz CT molecular complexity index is 754. The van der Waals surface area contributed by atoms with E-state index in [1.165, 1.54) is 11.1 Å². The number of anilines is 1. The molecule has 0 aliphatic rings. The summed E-state index contributed by atoms with van der Waals surface area (Å²) >= 11 is 3.44. The predicted molar refractivity (Wildman–Crippen MR) is 95.1 cm³/mol. The van der Waals surface area contributed by atoms with Crippen molar-refractivity contribution >= 4 is 21.6 Å². The Hall–Kier alpha value is -2.00. The fraction of sp³-hybridized carbons (Fsp3) is 0.158. The number of hydrogen-bond acceptors (Lipinski definition) is 2. The van der Waals surface area contributed by atoms with Crippen molar-refractivity contribution in [1.29, 1.82) is 0 Å². The minimum Gasteiger partial charge on any atom is -0.459 e. The lowest BCUT2D eigenvalue weighted by Gasteiger charge is -2.07. The maximum absolute atomic E-state index is 5.91. The molecule has 1 aromatic heterocycles. The summed E-state index contributed by atoms with van der Waals surface area (Å²) in [6, 6.07) is 18.6. The van der Waals surface area contributed by atoms with Crippen molar-refractivity contribution in [3.05, 3.63) is 76.0 Å². The normalized spacial score (nSPS) is 10.7. The van der Waals surface area contributed by atoms with Crippen LogP contribution in [0.5, 0.6) is 0 Å². The van der Waals surface area contributed by atoms with Gasteiger partial charge in [-0.15, -0.1) is 0 Å². The molecule has 22 heavy (non-hydrogen) atoms. The molecule has 0 saturated heterocycles. The van der Waals surface area contributed by atoms with E-state index in [1.807, 2.05) is 36.4 Å². The van der Waals surface area contributed by atoms with Crippen LogP contribution in [-0.4, -0.2) is 0 Å². The highest BCUT2D eigenvalue weighted by Gasteiger charge is 2.05. The van der Waals surface area contributed by atoms with Crippen molar-refractivity contribution in [2.75, 3.05) is 5.32 Å². The molecular formula is C19H18BrNO. The van der Waals surface area contributed by atoms with Crippen LogP contribution in [0.1, 0.15) is 16.9 Å². The van der Waals surface area contributed by atoms with Crippen molar-refractivity contribution in [1.82, 2.24) is 0 Å². The second-order valence-corrected chi connectivity index (χ2v) is 6.42. The van der Waals surface area contributed by atoms with Crippen molar-refractivity contribution < 1.29 is 4.42 Å². The molecule has 0 spiro atoms. The summed E-state index contributed by atoms with van der Waals surface area (Å²) < 4.78 is 6.98. The average Bonchev–Trinajstić information content (AvgIpc) is 2.94. The molecule has 1 heterocycles. The van der Waals surface area contributed by atoms with Gasteiger partial charge in [0.2, 0.25) is 0 Å². The highest BCUT2D eigenvalue weighted by atomic mass is 79.9. The van der Waals surface area contributed by atoms with Gasteiger partial charge in [-0.3, -0.25) is 0 Å². The van der Waals surface area contributed by atoms with Gasteiger partial charge in [0.05, 0.1) is 6.54 Å². The second-order valence-electron chi connectivity index (χ2n) is 5.50. The number of rotatable bonds is 4. The zero-order chi connectivity index (χ0) is 15.5. The van der Waals surface area contributed by atoms with E-state index in [4.69, 9.17) is 4.42 Å². The van der Waals surface area contributed by atoms with E-state index in [0.29, 0.717) is 6.54 Å². The first-order chi connectivity index (χ1) is 10.6. The smallest absolute Gasteiger partial charge is 0.134 e. The van der Waals surface area contributed by atoms with Gasteiger partial charge in [-0.2, -0.15) is 0 Å². The van der Waals surface area contributed by atoms with Crippen LogP contribution >= 0.6 is 15.9 Å². The van der Waals surface area contributed by atoms with Gasteiger partial charge in [0, 0.05) is 15.7 Å². The maximum Gasteiger partial charge on any atom is 0.134 e. The van der Waals surface area contributed by atoms with Crippen LogP contribution in [0.25, 0.3) is 11.3 Å². The number of furan rings is 1. The van der Waals surface area contributed by atoms with E-state index in [2.05, 4.69) is 53.3 Å². The quantitative estimate of drug-likeness (QED) is 0.626. The van der Waals surface area contributed by atoms with Gasteiger partial charge in [0.15, 0.2) is 0 Å². The van der Waals surface area contributed by atoms with Gasteiger partial charge >= 0.3 is 0 Å². The van der Waals surface area contributed by atoms with E-state index in [1.54, 1.807) is 0 Å². The maximum atomic E-state index is 5.91. The monoisotopic (exact) mass is 355 g/mol. The van der Waals surface area contributed by atoms with Crippen LogP contribution < -0.4 is 5.32 Å². The summed E-state index contributed by atoms with van der Waals surface area (Å²) in [7, 11) is 0. The summed E-state index contributed by atoms with van der Waals surface area (Å²) in [6.45, 7) is 4.90. The SMILES string of the molecule is Cc1cc(C)cc(NCc2ccc(-c3ccc(Br)cc3)o2)c1. The Morgan fingerprint density at radius 1 is 0.909 bits per heavy atom. The molecule has 0 saturated carbocycles. The third-order valence-corrected chi connectivity index (χ3v) is 4.01. The number of benzene rings is 2. The van der Waals surface area contributed by atoms with Crippen LogP contribution in [0.15, 0.2) is 63.5 Å². The molecule has 3 rings (SSSR count).